The van der Waals surface area contributed by atoms with Crippen LogP contribution in [0.2, 0.25) is 0 Å². The Bertz CT molecular complexity index is 735. The molecule has 6 heteroatoms. The average molecular weight is 300 g/mol. The number of methoxy groups -OCH3 is 1. The number of carbonyl (C=O) groups excluding carboxylic acids is 2. The number of aromatic nitrogens is 1. The summed E-state index contributed by atoms with van der Waals surface area (Å²) in [4.78, 5) is 26.1. The van der Waals surface area contributed by atoms with E-state index in [0.29, 0.717) is 17.8 Å². The van der Waals surface area contributed by atoms with E-state index in [9.17, 15) is 9.59 Å². The topological polar surface area (TPSA) is 72.6 Å². The van der Waals surface area contributed by atoms with E-state index in [2.05, 4.69) is 5.16 Å². The van der Waals surface area contributed by atoms with Gasteiger partial charge in [-0.2, -0.15) is 0 Å². The first kappa shape index (κ1) is 14.3. The lowest BCUT2D eigenvalue weighted by molar-refractivity contribution is 0.0599. The normalized spacial score (nSPS) is 13.6. The Kier molecular flexibility index (Phi) is 3.66. The summed E-state index contributed by atoms with van der Waals surface area (Å²) in [5.74, 6) is -0.431. The van der Waals surface area contributed by atoms with Crippen molar-refractivity contribution in [3.63, 3.8) is 0 Å². The number of carbonyl (C=O) groups is 2. The van der Waals surface area contributed by atoms with Crippen LogP contribution in [0.5, 0.6) is 0 Å². The van der Waals surface area contributed by atoms with E-state index in [1.807, 2.05) is 6.07 Å². The monoisotopic (exact) mass is 300 g/mol. The number of fused-ring (bicyclic) bond motifs is 1. The molecule has 0 radical (unpaired) electrons. The molecule has 114 valence electrons. The molecule has 0 atom stereocenters. The zero-order valence-corrected chi connectivity index (χ0v) is 12.5. The predicted octanol–water partition coefficient (Wildman–Crippen LogP) is 2.36. The van der Waals surface area contributed by atoms with Crippen molar-refractivity contribution in [3.05, 3.63) is 46.8 Å². The SMILES string of the molecule is COC(=O)c1cccc2c1CCCN2C(=O)c1cc(C)no1. The van der Waals surface area contributed by atoms with Gasteiger partial charge in [-0.25, -0.2) is 4.79 Å². The first-order valence-corrected chi connectivity index (χ1v) is 7.07. The first-order chi connectivity index (χ1) is 10.6. The Morgan fingerprint density at radius 2 is 2.18 bits per heavy atom. The van der Waals surface area contributed by atoms with Gasteiger partial charge in [0.05, 0.1) is 18.4 Å². The second-order valence-electron chi connectivity index (χ2n) is 5.19. The fourth-order valence-corrected chi connectivity index (χ4v) is 2.73. The third-order valence-corrected chi connectivity index (χ3v) is 3.74. The summed E-state index contributed by atoms with van der Waals surface area (Å²) in [5, 5.41) is 3.75. The lowest BCUT2D eigenvalue weighted by Gasteiger charge is -2.29. The first-order valence-electron chi connectivity index (χ1n) is 7.07. The molecule has 0 bridgehead atoms. The van der Waals surface area contributed by atoms with Crippen molar-refractivity contribution >= 4 is 17.6 Å². The molecule has 0 spiro atoms. The molecule has 0 fully saturated rings. The van der Waals surface area contributed by atoms with Crippen LogP contribution in [-0.2, 0) is 11.2 Å². The highest BCUT2D eigenvalue weighted by molar-refractivity contribution is 6.06. The Morgan fingerprint density at radius 3 is 2.86 bits per heavy atom. The van der Waals surface area contributed by atoms with Gasteiger partial charge in [-0.15, -0.1) is 0 Å². The summed E-state index contributed by atoms with van der Waals surface area (Å²) in [6.45, 7) is 2.34. The minimum absolute atomic E-state index is 0.203. The summed E-state index contributed by atoms with van der Waals surface area (Å²) in [6, 6.07) is 6.92. The van der Waals surface area contributed by atoms with Crippen LogP contribution in [0.25, 0.3) is 0 Å². The lowest BCUT2D eigenvalue weighted by Crippen LogP contribution is -2.36. The van der Waals surface area contributed by atoms with Gasteiger partial charge in [0.15, 0.2) is 0 Å². The van der Waals surface area contributed by atoms with Gasteiger partial charge < -0.3 is 14.2 Å². The van der Waals surface area contributed by atoms with Crippen LogP contribution >= 0.6 is 0 Å². The molecular formula is C16H16N2O4. The van der Waals surface area contributed by atoms with E-state index in [1.165, 1.54) is 7.11 Å². The van der Waals surface area contributed by atoms with Crippen LogP contribution in [0.4, 0.5) is 5.69 Å². The highest BCUT2D eigenvalue weighted by Gasteiger charge is 2.28. The molecule has 1 aromatic heterocycles. The number of benzene rings is 1. The van der Waals surface area contributed by atoms with Crippen LogP contribution < -0.4 is 4.90 Å². The molecule has 2 aromatic rings. The molecule has 0 saturated carbocycles. The van der Waals surface area contributed by atoms with Gasteiger partial charge in [-0.1, -0.05) is 11.2 Å². The Morgan fingerprint density at radius 1 is 1.36 bits per heavy atom. The molecule has 1 amide bonds. The van der Waals surface area contributed by atoms with Gasteiger partial charge in [0.1, 0.15) is 0 Å². The molecule has 0 N–H and O–H groups in total. The number of ether oxygens (including phenoxy) is 1. The minimum Gasteiger partial charge on any atom is -0.465 e. The van der Waals surface area contributed by atoms with Gasteiger partial charge in [0, 0.05) is 18.3 Å². The predicted molar refractivity (Wildman–Crippen MR) is 79.0 cm³/mol. The third kappa shape index (κ3) is 2.36. The standard InChI is InChI=1S/C16H16N2O4/c1-10-9-14(22-17-10)15(19)18-8-4-6-11-12(16(20)21-2)5-3-7-13(11)18/h3,5,7,9H,4,6,8H2,1-2H3. The molecule has 1 aliphatic heterocycles. The van der Waals surface area contributed by atoms with E-state index >= 15 is 0 Å². The van der Waals surface area contributed by atoms with Crippen LogP contribution in [-0.4, -0.2) is 30.7 Å². The highest BCUT2D eigenvalue weighted by atomic mass is 16.5. The fourth-order valence-electron chi connectivity index (χ4n) is 2.73. The zero-order valence-electron chi connectivity index (χ0n) is 12.5. The summed E-state index contributed by atoms with van der Waals surface area (Å²) in [6.07, 6.45) is 1.51. The number of rotatable bonds is 2. The van der Waals surface area contributed by atoms with Crippen molar-refractivity contribution < 1.29 is 18.8 Å². The number of hydrogen-bond donors (Lipinski definition) is 0. The van der Waals surface area contributed by atoms with Gasteiger partial charge in [0.25, 0.3) is 5.91 Å². The van der Waals surface area contributed by atoms with Crippen molar-refractivity contribution in [1.82, 2.24) is 5.16 Å². The van der Waals surface area contributed by atoms with E-state index in [1.54, 1.807) is 30.0 Å². The van der Waals surface area contributed by atoms with Crippen molar-refractivity contribution in [2.24, 2.45) is 0 Å². The average Bonchev–Trinajstić information content (AvgIpc) is 2.98. The number of aryl methyl sites for hydroxylation is 1. The van der Waals surface area contributed by atoms with Crippen molar-refractivity contribution in [2.45, 2.75) is 19.8 Å². The third-order valence-electron chi connectivity index (χ3n) is 3.74. The van der Waals surface area contributed by atoms with Gasteiger partial charge >= 0.3 is 5.97 Å². The van der Waals surface area contributed by atoms with Gasteiger partial charge in [-0.3, -0.25) is 4.79 Å². The van der Waals surface area contributed by atoms with Gasteiger partial charge in [-0.05, 0) is 37.5 Å². The van der Waals surface area contributed by atoms with Crippen LogP contribution in [0.1, 0.15) is 38.6 Å². The lowest BCUT2D eigenvalue weighted by atomic mass is 9.96. The molecule has 0 saturated heterocycles. The molecule has 1 aromatic carbocycles. The van der Waals surface area contributed by atoms with Crippen LogP contribution in [0, 0.1) is 6.92 Å². The second kappa shape index (κ2) is 5.63. The largest absolute Gasteiger partial charge is 0.465 e. The number of amides is 1. The minimum atomic E-state index is -0.387. The molecule has 1 aliphatic rings. The number of nitrogens with zero attached hydrogens (tertiary/aromatic N) is 2. The number of anilines is 1. The molecule has 22 heavy (non-hydrogen) atoms. The second-order valence-corrected chi connectivity index (χ2v) is 5.19. The van der Waals surface area contributed by atoms with Crippen LogP contribution in [0.3, 0.4) is 0 Å². The van der Waals surface area contributed by atoms with Crippen molar-refractivity contribution in [1.29, 1.82) is 0 Å². The quantitative estimate of drug-likeness (QED) is 0.796. The maximum Gasteiger partial charge on any atom is 0.338 e. The van der Waals surface area contributed by atoms with Gasteiger partial charge in [0.2, 0.25) is 5.76 Å². The smallest absolute Gasteiger partial charge is 0.338 e. The van der Waals surface area contributed by atoms with E-state index in [-0.39, 0.29) is 17.6 Å². The molecule has 3 rings (SSSR count). The maximum absolute atomic E-state index is 12.6. The summed E-state index contributed by atoms with van der Waals surface area (Å²) < 4.78 is 9.88. The Hall–Kier alpha value is -2.63. The summed E-state index contributed by atoms with van der Waals surface area (Å²) in [7, 11) is 1.35. The van der Waals surface area contributed by atoms with Crippen molar-refractivity contribution in [2.75, 3.05) is 18.6 Å². The number of esters is 1. The zero-order chi connectivity index (χ0) is 15.7. The van der Waals surface area contributed by atoms with E-state index < -0.39 is 0 Å². The molecule has 2 heterocycles. The molecule has 0 aliphatic carbocycles. The Labute approximate surface area is 127 Å². The molecule has 6 nitrogen and oxygen atoms in total. The van der Waals surface area contributed by atoms with E-state index in [4.69, 9.17) is 9.26 Å². The fraction of sp³-hybridized carbons (Fsp3) is 0.312. The summed E-state index contributed by atoms with van der Waals surface area (Å²) >= 11 is 0. The maximum atomic E-state index is 12.6. The van der Waals surface area contributed by atoms with Crippen LogP contribution in [0.15, 0.2) is 28.8 Å². The molecule has 0 unspecified atom stereocenters. The number of hydrogen-bond acceptors (Lipinski definition) is 5. The van der Waals surface area contributed by atoms with E-state index in [0.717, 1.165) is 24.1 Å². The highest BCUT2D eigenvalue weighted by Crippen LogP contribution is 2.31. The molecular weight excluding hydrogens is 284 g/mol. The Balaban J connectivity index is 2.01. The summed E-state index contributed by atoms with van der Waals surface area (Å²) in [5.41, 5.74) is 2.73. The van der Waals surface area contributed by atoms with Crippen molar-refractivity contribution in [3.8, 4) is 0 Å².